The number of rotatable bonds is 2. The highest BCUT2D eigenvalue weighted by atomic mass is 16.3. The molecule has 5 N–H and O–H groups in total. The third-order valence-corrected chi connectivity index (χ3v) is 2.16. The van der Waals surface area contributed by atoms with E-state index in [1.165, 1.54) is 0 Å². The molecule has 5 heteroatoms. The van der Waals surface area contributed by atoms with Gasteiger partial charge in [-0.3, -0.25) is 0 Å². The Balaban J connectivity index is 2.69. The van der Waals surface area contributed by atoms with Gasteiger partial charge in [-0.15, -0.1) is 0 Å². The summed E-state index contributed by atoms with van der Waals surface area (Å²) in [5.41, 5.74) is -1.13. The van der Waals surface area contributed by atoms with E-state index in [0.717, 1.165) is 0 Å². The number of nitrogens with one attached hydrogen (secondary N) is 1. The molecule has 0 aromatic heterocycles. The number of hydrogen-bond donors (Lipinski definition) is 5. The van der Waals surface area contributed by atoms with Gasteiger partial charge in [0.2, 0.25) is 0 Å². The van der Waals surface area contributed by atoms with Crippen LogP contribution in [0.4, 0.5) is 0 Å². The van der Waals surface area contributed by atoms with Crippen molar-refractivity contribution in [2.24, 2.45) is 0 Å². The molecule has 0 aliphatic carbocycles. The fourth-order valence-electron chi connectivity index (χ4n) is 1.24. The Morgan fingerprint density at radius 2 is 1.82 bits per heavy atom. The lowest BCUT2D eigenvalue weighted by Crippen LogP contribution is -2.55. The van der Waals surface area contributed by atoms with Gasteiger partial charge in [-0.1, -0.05) is 0 Å². The molecule has 1 aliphatic rings. The summed E-state index contributed by atoms with van der Waals surface area (Å²) in [5.74, 6) is 0. The summed E-state index contributed by atoms with van der Waals surface area (Å²) < 4.78 is 0. The zero-order valence-corrected chi connectivity index (χ0v) is 6.06. The van der Waals surface area contributed by atoms with E-state index in [9.17, 15) is 5.11 Å². The highest BCUT2D eigenvalue weighted by Crippen LogP contribution is 2.19. The van der Waals surface area contributed by atoms with Gasteiger partial charge in [0, 0.05) is 6.54 Å². The lowest BCUT2D eigenvalue weighted by atomic mass is 9.96. The van der Waals surface area contributed by atoms with Crippen LogP contribution < -0.4 is 5.32 Å². The second-order valence-electron chi connectivity index (χ2n) is 2.87. The highest BCUT2D eigenvalue weighted by molar-refractivity contribution is 5.03. The van der Waals surface area contributed by atoms with Crippen molar-refractivity contribution in [1.29, 1.82) is 0 Å². The van der Waals surface area contributed by atoms with Crippen LogP contribution >= 0.6 is 0 Å². The van der Waals surface area contributed by atoms with Gasteiger partial charge in [-0.2, -0.15) is 0 Å². The molecule has 0 unspecified atom stereocenters. The monoisotopic (exact) mass is 163 g/mol. The fraction of sp³-hybridized carbons (Fsp3) is 1.00. The van der Waals surface area contributed by atoms with Crippen molar-refractivity contribution in [2.75, 3.05) is 19.8 Å². The van der Waals surface area contributed by atoms with Gasteiger partial charge in [-0.25, -0.2) is 0 Å². The zero-order valence-electron chi connectivity index (χ0n) is 6.06. The number of aliphatic hydroxyl groups is 4. The first-order valence-corrected chi connectivity index (χ1v) is 3.49. The molecular formula is C6H13NO4. The molecule has 0 radical (unpaired) electrons. The van der Waals surface area contributed by atoms with Crippen LogP contribution in [0.2, 0.25) is 0 Å². The molecule has 11 heavy (non-hydrogen) atoms. The van der Waals surface area contributed by atoms with Crippen LogP contribution in [0, 0.1) is 0 Å². The number of hydrogen-bond acceptors (Lipinski definition) is 5. The third-order valence-electron chi connectivity index (χ3n) is 2.16. The summed E-state index contributed by atoms with van der Waals surface area (Å²) in [6.07, 6.45) is -2.01. The second-order valence-corrected chi connectivity index (χ2v) is 2.87. The molecule has 0 amide bonds. The second kappa shape index (κ2) is 3.04. The Hall–Kier alpha value is -0.200. The molecule has 0 saturated carbocycles. The SMILES string of the molecule is OCC1(CO)NC[C@H](O)[C@@H]1O. The van der Waals surface area contributed by atoms with E-state index in [1.807, 2.05) is 0 Å². The number of aliphatic hydroxyl groups excluding tert-OH is 4. The van der Waals surface area contributed by atoms with Gasteiger partial charge in [0.1, 0.15) is 6.10 Å². The fourth-order valence-corrected chi connectivity index (χ4v) is 1.24. The largest absolute Gasteiger partial charge is 0.394 e. The van der Waals surface area contributed by atoms with Crippen LogP contribution in [-0.4, -0.2) is 57.9 Å². The summed E-state index contributed by atoms with van der Waals surface area (Å²) in [6, 6.07) is 0. The van der Waals surface area contributed by atoms with Crippen LogP contribution in [0.5, 0.6) is 0 Å². The van der Waals surface area contributed by atoms with Crippen LogP contribution in [0.1, 0.15) is 0 Å². The minimum absolute atomic E-state index is 0.197. The first-order valence-electron chi connectivity index (χ1n) is 3.49. The van der Waals surface area contributed by atoms with E-state index in [1.54, 1.807) is 0 Å². The number of β-amino-alcohol motifs (C(OH)–C–C–N with tert-alkyl or cyclic N) is 1. The van der Waals surface area contributed by atoms with Crippen molar-refractivity contribution in [2.45, 2.75) is 17.7 Å². The van der Waals surface area contributed by atoms with Crippen LogP contribution in [0.15, 0.2) is 0 Å². The topological polar surface area (TPSA) is 93.0 Å². The van der Waals surface area contributed by atoms with Gasteiger partial charge < -0.3 is 25.7 Å². The van der Waals surface area contributed by atoms with Crippen molar-refractivity contribution in [3.8, 4) is 0 Å². The van der Waals surface area contributed by atoms with E-state index in [0.29, 0.717) is 0 Å². The van der Waals surface area contributed by atoms with E-state index in [-0.39, 0.29) is 19.8 Å². The van der Waals surface area contributed by atoms with Crippen LogP contribution in [0.3, 0.4) is 0 Å². The smallest absolute Gasteiger partial charge is 0.104 e. The van der Waals surface area contributed by atoms with Gasteiger partial charge in [0.05, 0.1) is 24.9 Å². The molecule has 0 aromatic rings. The Morgan fingerprint density at radius 3 is 2.00 bits per heavy atom. The standard InChI is InChI=1S/C6H13NO4/c8-2-6(3-9)5(11)4(10)1-7-6/h4-5,7-11H,1-3H2/t4-,5-/m0/s1. The molecule has 0 spiro atoms. The minimum Gasteiger partial charge on any atom is -0.394 e. The molecule has 1 rings (SSSR count). The highest BCUT2D eigenvalue weighted by Gasteiger charge is 2.46. The van der Waals surface area contributed by atoms with Crippen molar-refractivity contribution < 1.29 is 20.4 Å². The molecule has 0 bridgehead atoms. The molecule has 0 aromatic carbocycles. The maximum atomic E-state index is 9.28. The van der Waals surface area contributed by atoms with Crippen LogP contribution in [-0.2, 0) is 0 Å². The summed E-state index contributed by atoms with van der Waals surface area (Å²) >= 11 is 0. The Bertz CT molecular complexity index is 137. The Labute approximate surface area is 64.3 Å². The first-order chi connectivity index (χ1) is 5.16. The lowest BCUT2D eigenvalue weighted by Gasteiger charge is -2.28. The van der Waals surface area contributed by atoms with Crippen molar-refractivity contribution in [3.63, 3.8) is 0 Å². The summed E-state index contributed by atoms with van der Waals surface area (Å²) in [6.45, 7) is -0.578. The molecular weight excluding hydrogens is 150 g/mol. The van der Waals surface area contributed by atoms with E-state index in [4.69, 9.17) is 15.3 Å². The van der Waals surface area contributed by atoms with Crippen molar-refractivity contribution in [3.05, 3.63) is 0 Å². The maximum Gasteiger partial charge on any atom is 0.104 e. The normalized spacial score (nSPS) is 36.0. The van der Waals surface area contributed by atoms with Gasteiger partial charge in [0.15, 0.2) is 0 Å². The maximum absolute atomic E-state index is 9.28. The van der Waals surface area contributed by atoms with Crippen molar-refractivity contribution >= 4 is 0 Å². The molecule has 1 aliphatic heterocycles. The Kier molecular flexibility index (Phi) is 2.46. The van der Waals surface area contributed by atoms with E-state index < -0.39 is 17.7 Å². The molecule has 1 saturated heterocycles. The summed E-state index contributed by atoms with van der Waals surface area (Å²) in [5, 5.41) is 38.6. The Morgan fingerprint density at radius 1 is 1.27 bits per heavy atom. The molecule has 5 nitrogen and oxygen atoms in total. The predicted molar refractivity (Wildman–Crippen MR) is 36.9 cm³/mol. The van der Waals surface area contributed by atoms with E-state index >= 15 is 0 Å². The third kappa shape index (κ3) is 1.25. The average Bonchev–Trinajstić information content (AvgIpc) is 2.32. The lowest BCUT2D eigenvalue weighted by molar-refractivity contribution is -0.0299. The molecule has 2 atom stereocenters. The average molecular weight is 163 g/mol. The quantitative estimate of drug-likeness (QED) is 0.300. The van der Waals surface area contributed by atoms with Gasteiger partial charge in [0.25, 0.3) is 0 Å². The molecule has 1 fully saturated rings. The molecule has 66 valence electrons. The predicted octanol–water partition coefficient (Wildman–Crippen LogP) is -2.97. The van der Waals surface area contributed by atoms with Gasteiger partial charge in [-0.05, 0) is 0 Å². The summed E-state index contributed by atoms with van der Waals surface area (Å²) in [4.78, 5) is 0. The first kappa shape index (κ1) is 8.89. The van der Waals surface area contributed by atoms with Crippen LogP contribution in [0.25, 0.3) is 0 Å². The van der Waals surface area contributed by atoms with Gasteiger partial charge >= 0.3 is 0 Å². The van der Waals surface area contributed by atoms with Crippen molar-refractivity contribution in [1.82, 2.24) is 5.32 Å². The van der Waals surface area contributed by atoms with E-state index in [2.05, 4.69) is 5.32 Å². The minimum atomic E-state index is -1.13. The molecule has 1 heterocycles. The summed E-state index contributed by atoms with van der Waals surface area (Å²) in [7, 11) is 0. The zero-order chi connectivity index (χ0) is 8.48.